The number of alkyl halides is 3. The van der Waals surface area contributed by atoms with E-state index in [1.165, 1.54) is 0 Å². The lowest BCUT2D eigenvalue weighted by Gasteiger charge is -2.39. The quantitative estimate of drug-likeness (QED) is 0.564. The summed E-state index contributed by atoms with van der Waals surface area (Å²) >= 11 is 5.61. The second kappa shape index (κ2) is 7.28. The topological polar surface area (TPSA) is 38.8 Å². The van der Waals surface area contributed by atoms with Crippen LogP contribution in [-0.4, -0.2) is 34.8 Å². The second-order valence-electron chi connectivity index (χ2n) is 8.25. The lowest BCUT2D eigenvalue weighted by atomic mass is 10.00. The van der Waals surface area contributed by atoms with Crippen molar-refractivity contribution in [2.45, 2.75) is 76.4 Å². The van der Waals surface area contributed by atoms with Gasteiger partial charge in [-0.25, -0.2) is 9.18 Å². The van der Waals surface area contributed by atoms with Crippen molar-refractivity contribution in [1.29, 1.82) is 0 Å². The summed E-state index contributed by atoms with van der Waals surface area (Å²) in [5.74, 6) is -1.54. The molecule has 0 aliphatic carbocycles. The number of rotatable bonds is 2. The number of carbonyl (C=O) groups excluding carboxylic acids is 1. The van der Waals surface area contributed by atoms with Crippen LogP contribution in [0.3, 0.4) is 0 Å². The largest absolute Gasteiger partial charge is 0.487 e. The number of nitrogens with zero attached hydrogens (tertiary/aromatic N) is 1. The summed E-state index contributed by atoms with van der Waals surface area (Å²) in [5, 5.41) is -0.640. The number of ether oxygens (including phenoxy) is 2. The Morgan fingerprint density at radius 2 is 1.71 bits per heavy atom. The van der Waals surface area contributed by atoms with E-state index in [2.05, 4.69) is 0 Å². The molecule has 156 valence electrons. The van der Waals surface area contributed by atoms with E-state index < -0.39 is 46.1 Å². The van der Waals surface area contributed by atoms with Gasteiger partial charge in [0.25, 0.3) is 0 Å². The standard InChI is InChI=1S/C19H22ClF4NO3/c1-18(2,3)28-17(26)25-11-4-5-12(25)9-13(8-11)27-15-7-10(19(22,23)24)6-14(20)16(15)21/h6-7,11-13H,4-5,8-9H2,1-3H3/t11-,12+,13?. The van der Waals surface area contributed by atoms with Crippen molar-refractivity contribution in [2.75, 3.05) is 0 Å². The molecule has 28 heavy (non-hydrogen) atoms. The Balaban J connectivity index is 1.74. The van der Waals surface area contributed by atoms with Gasteiger partial charge in [-0.3, -0.25) is 0 Å². The normalized spacial score (nSPS) is 25.0. The first-order chi connectivity index (χ1) is 12.8. The number of benzene rings is 1. The molecule has 2 heterocycles. The maximum atomic E-state index is 14.2. The molecule has 3 atom stereocenters. The zero-order valence-electron chi connectivity index (χ0n) is 15.8. The van der Waals surface area contributed by atoms with Crippen LogP contribution in [0.2, 0.25) is 5.02 Å². The van der Waals surface area contributed by atoms with Crippen molar-refractivity contribution in [1.82, 2.24) is 4.90 Å². The number of fused-ring (bicyclic) bond motifs is 2. The maximum Gasteiger partial charge on any atom is 0.416 e. The summed E-state index contributed by atoms with van der Waals surface area (Å²) in [7, 11) is 0. The van der Waals surface area contributed by atoms with Gasteiger partial charge in [-0.05, 0) is 45.7 Å². The number of hydrogen-bond acceptors (Lipinski definition) is 3. The summed E-state index contributed by atoms with van der Waals surface area (Å²) in [5.41, 5.74) is -1.69. The summed E-state index contributed by atoms with van der Waals surface area (Å²) in [4.78, 5) is 14.1. The van der Waals surface area contributed by atoms with Gasteiger partial charge in [0, 0.05) is 24.9 Å². The van der Waals surface area contributed by atoms with Crippen molar-refractivity contribution in [3.05, 3.63) is 28.5 Å². The van der Waals surface area contributed by atoms with Crippen LogP contribution in [0.15, 0.2) is 12.1 Å². The van der Waals surface area contributed by atoms with Crippen molar-refractivity contribution in [3.8, 4) is 5.75 Å². The fourth-order valence-corrected chi connectivity index (χ4v) is 4.04. The van der Waals surface area contributed by atoms with Crippen molar-refractivity contribution >= 4 is 17.7 Å². The van der Waals surface area contributed by atoms with E-state index in [0.717, 1.165) is 12.8 Å². The predicted octanol–water partition coefficient (Wildman–Crippen LogP) is 5.81. The fraction of sp³-hybridized carbons (Fsp3) is 0.632. The lowest BCUT2D eigenvalue weighted by Crippen LogP contribution is -2.50. The summed E-state index contributed by atoms with van der Waals surface area (Å²) < 4.78 is 64.2. The van der Waals surface area contributed by atoms with Gasteiger partial charge in [-0.2, -0.15) is 13.2 Å². The average molecular weight is 424 g/mol. The third kappa shape index (κ3) is 4.47. The predicted molar refractivity (Wildman–Crippen MR) is 94.9 cm³/mol. The molecule has 0 radical (unpaired) electrons. The van der Waals surface area contributed by atoms with Crippen LogP contribution in [0.1, 0.15) is 52.0 Å². The van der Waals surface area contributed by atoms with Gasteiger partial charge in [0.2, 0.25) is 0 Å². The van der Waals surface area contributed by atoms with Crippen LogP contribution in [0.25, 0.3) is 0 Å². The number of piperidine rings is 1. The number of halogens is 5. The van der Waals surface area contributed by atoms with Gasteiger partial charge in [-0.1, -0.05) is 11.6 Å². The third-order valence-corrected chi connectivity index (χ3v) is 5.18. The van der Waals surface area contributed by atoms with Crippen LogP contribution in [0.5, 0.6) is 5.75 Å². The molecule has 1 aromatic rings. The molecule has 9 heteroatoms. The molecule has 1 amide bonds. The molecule has 1 aromatic carbocycles. The zero-order chi connectivity index (χ0) is 20.9. The van der Waals surface area contributed by atoms with E-state index >= 15 is 0 Å². The number of amides is 1. The van der Waals surface area contributed by atoms with Gasteiger partial charge in [0.1, 0.15) is 11.7 Å². The molecule has 4 nitrogen and oxygen atoms in total. The van der Waals surface area contributed by atoms with Crippen LogP contribution >= 0.6 is 11.6 Å². The van der Waals surface area contributed by atoms with Crippen molar-refractivity contribution in [3.63, 3.8) is 0 Å². The first-order valence-electron chi connectivity index (χ1n) is 9.09. The molecule has 2 aliphatic heterocycles. The van der Waals surface area contributed by atoms with E-state index in [1.54, 1.807) is 25.7 Å². The van der Waals surface area contributed by atoms with Crippen molar-refractivity contribution in [2.24, 2.45) is 0 Å². The van der Waals surface area contributed by atoms with E-state index in [1.807, 2.05) is 0 Å². The van der Waals surface area contributed by atoms with E-state index in [4.69, 9.17) is 21.1 Å². The highest BCUT2D eigenvalue weighted by Crippen LogP contribution is 2.41. The van der Waals surface area contributed by atoms with Gasteiger partial charge < -0.3 is 14.4 Å². The molecule has 2 saturated heterocycles. The first kappa shape index (κ1) is 21.0. The Hall–Kier alpha value is -1.70. The minimum Gasteiger partial charge on any atom is -0.487 e. The maximum absolute atomic E-state index is 14.2. The highest BCUT2D eigenvalue weighted by atomic mass is 35.5. The Kier molecular flexibility index (Phi) is 5.47. The van der Waals surface area contributed by atoms with Gasteiger partial charge in [0.05, 0.1) is 10.6 Å². The minimum absolute atomic E-state index is 0.150. The Bertz CT molecular complexity index is 749. The fourth-order valence-electron chi connectivity index (χ4n) is 3.83. The molecule has 2 fully saturated rings. The first-order valence-corrected chi connectivity index (χ1v) is 9.47. The molecule has 1 unspecified atom stereocenters. The second-order valence-corrected chi connectivity index (χ2v) is 8.66. The summed E-state index contributed by atoms with van der Waals surface area (Å²) in [6.07, 6.45) is -3.30. The number of carbonyl (C=O) groups is 1. The summed E-state index contributed by atoms with van der Waals surface area (Å²) in [6.45, 7) is 5.34. The molecule has 0 saturated carbocycles. The smallest absolute Gasteiger partial charge is 0.416 e. The van der Waals surface area contributed by atoms with Gasteiger partial charge >= 0.3 is 12.3 Å². The molecule has 2 bridgehead atoms. The molecule has 0 spiro atoms. The monoisotopic (exact) mass is 423 g/mol. The Morgan fingerprint density at radius 1 is 1.14 bits per heavy atom. The molecule has 3 rings (SSSR count). The minimum atomic E-state index is -4.66. The molecule has 0 N–H and O–H groups in total. The van der Waals surface area contributed by atoms with Crippen LogP contribution in [0, 0.1) is 5.82 Å². The molecule has 2 aliphatic rings. The average Bonchev–Trinajstić information content (AvgIpc) is 2.80. The van der Waals surface area contributed by atoms with E-state index in [-0.39, 0.29) is 12.1 Å². The van der Waals surface area contributed by atoms with Crippen molar-refractivity contribution < 1.29 is 31.8 Å². The highest BCUT2D eigenvalue weighted by molar-refractivity contribution is 6.31. The van der Waals surface area contributed by atoms with Gasteiger partial charge in [-0.15, -0.1) is 0 Å². The third-order valence-electron chi connectivity index (χ3n) is 4.91. The van der Waals surface area contributed by atoms with E-state index in [0.29, 0.717) is 25.0 Å². The van der Waals surface area contributed by atoms with Gasteiger partial charge in [0.15, 0.2) is 11.6 Å². The molecule has 0 aromatic heterocycles. The highest BCUT2D eigenvalue weighted by Gasteiger charge is 2.46. The number of hydrogen-bond donors (Lipinski definition) is 0. The van der Waals surface area contributed by atoms with E-state index in [9.17, 15) is 22.4 Å². The lowest BCUT2D eigenvalue weighted by molar-refractivity contribution is -0.137. The summed E-state index contributed by atoms with van der Waals surface area (Å²) in [6, 6.07) is 0.868. The molecular weight excluding hydrogens is 402 g/mol. The Labute approximate surface area is 165 Å². The van der Waals surface area contributed by atoms with Crippen LogP contribution in [0.4, 0.5) is 22.4 Å². The van der Waals surface area contributed by atoms with Crippen LogP contribution < -0.4 is 4.74 Å². The Morgan fingerprint density at radius 3 is 2.21 bits per heavy atom. The zero-order valence-corrected chi connectivity index (χ0v) is 16.5. The van der Waals surface area contributed by atoms with Crippen LogP contribution in [-0.2, 0) is 10.9 Å². The molecular formula is C19H22ClF4NO3. The SMILES string of the molecule is CC(C)(C)OC(=O)N1[C@@H]2CC[C@H]1CC(Oc1cc(C(F)(F)F)cc(Cl)c1F)C2.